The molecule has 1 aromatic carbocycles. The lowest BCUT2D eigenvalue weighted by atomic mass is 9.87. The van der Waals surface area contributed by atoms with Gasteiger partial charge in [0.2, 0.25) is 0 Å². The average molecular weight is 287 g/mol. The molecule has 1 heterocycles. The van der Waals surface area contributed by atoms with Crippen molar-refractivity contribution in [2.75, 3.05) is 26.7 Å². The van der Waals surface area contributed by atoms with Crippen molar-refractivity contribution >= 4 is 23.4 Å². The number of rotatable bonds is 4. The molecule has 0 aromatic heterocycles. The molecule has 1 aliphatic heterocycles. The third-order valence-electron chi connectivity index (χ3n) is 4.13. The molecule has 1 saturated heterocycles. The van der Waals surface area contributed by atoms with Crippen molar-refractivity contribution in [2.45, 2.75) is 6.42 Å². The number of ketones is 1. The summed E-state index contributed by atoms with van der Waals surface area (Å²) in [6.45, 7) is 1.62. The van der Waals surface area contributed by atoms with Crippen molar-refractivity contribution < 1.29 is 19.4 Å². The van der Waals surface area contributed by atoms with Gasteiger partial charge in [-0.05, 0) is 34.9 Å². The Kier molecular flexibility index (Phi) is 3.51. The van der Waals surface area contributed by atoms with E-state index in [4.69, 9.17) is 9.84 Å². The average Bonchev–Trinajstić information content (AvgIpc) is 2.45. The van der Waals surface area contributed by atoms with Gasteiger partial charge in [-0.2, -0.15) is 0 Å². The van der Waals surface area contributed by atoms with Crippen molar-refractivity contribution in [1.29, 1.82) is 0 Å². The van der Waals surface area contributed by atoms with Gasteiger partial charge in [0.05, 0.1) is 7.11 Å². The van der Waals surface area contributed by atoms with Crippen LogP contribution >= 0.6 is 0 Å². The second-order valence-corrected chi connectivity index (χ2v) is 5.47. The third-order valence-corrected chi connectivity index (χ3v) is 4.13. The number of Topliss-reactive ketones (excluding diaryl/α,β-unsaturated/α-hetero) is 1. The Balaban J connectivity index is 1.66. The maximum Gasteiger partial charge on any atom is 0.315 e. The highest BCUT2D eigenvalue weighted by atomic mass is 16.5. The lowest BCUT2D eigenvalue weighted by molar-refractivity contribution is -0.148. The van der Waals surface area contributed by atoms with E-state index in [2.05, 4.69) is 6.08 Å². The van der Waals surface area contributed by atoms with Crippen LogP contribution in [-0.2, 0) is 9.59 Å². The van der Waals surface area contributed by atoms with Gasteiger partial charge in [-0.25, -0.2) is 0 Å². The van der Waals surface area contributed by atoms with Crippen LogP contribution in [0.4, 0.5) is 0 Å². The number of hydrogen-bond donors (Lipinski definition) is 1. The highest BCUT2D eigenvalue weighted by Crippen LogP contribution is 2.35. The number of ether oxygens (including phenoxy) is 1. The molecule has 1 atom stereocenters. The molecule has 0 spiro atoms. The van der Waals surface area contributed by atoms with Crippen molar-refractivity contribution in [3.8, 4) is 5.75 Å². The molecule has 0 bridgehead atoms. The minimum atomic E-state index is -1.02. The number of methoxy groups -OCH3 is 1. The van der Waals surface area contributed by atoms with Crippen LogP contribution in [0, 0.1) is 5.92 Å². The van der Waals surface area contributed by atoms with Crippen molar-refractivity contribution in [3.05, 3.63) is 29.3 Å². The Morgan fingerprint density at radius 2 is 2.29 bits per heavy atom. The van der Waals surface area contributed by atoms with Gasteiger partial charge < -0.3 is 9.84 Å². The number of hydrogen-bond acceptors (Lipinski definition) is 4. The van der Waals surface area contributed by atoms with Crippen LogP contribution in [0.3, 0.4) is 0 Å². The van der Waals surface area contributed by atoms with E-state index < -0.39 is 11.9 Å². The van der Waals surface area contributed by atoms with Gasteiger partial charge >= 0.3 is 5.97 Å². The van der Waals surface area contributed by atoms with E-state index in [1.165, 1.54) is 11.1 Å². The maximum atomic E-state index is 11.6. The molecule has 3 rings (SSSR count). The van der Waals surface area contributed by atoms with Crippen LogP contribution in [0.25, 0.3) is 11.6 Å². The summed E-state index contributed by atoms with van der Waals surface area (Å²) in [5.41, 5.74) is 3.51. The molecule has 1 unspecified atom stereocenters. The number of benzene rings is 1. The number of carbonyl (C=O) groups excluding carboxylic acids is 1. The Bertz CT molecular complexity index is 635. The number of fused-ring (bicyclic) bond motifs is 1. The van der Waals surface area contributed by atoms with Gasteiger partial charge in [-0.1, -0.05) is 6.07 Å². The molecule has 1 aliphatic carbocycles. The SMILES string of the molecule is COc1ccc2c(c1)C=C2CN1CCC(=O)C(C(=O)O)C1. The predicted molar refractivity (Wildman–Crippen MR) is 78.1 cm³/mol. The van der Waals surface area contributed by atoms with Gasteiger partial charge in [-0.15, -0.1) is 0 Å². The second kappa shape index (κ2) is 5.33. The molecule has 2 aliphatic rings. The molecule has 0 amide bonds. The van der Waals surface area contributed by atoms with E-state index in [0.717, 1.165) is 11.3 Å². The highest BCUT2D eigenvalue weighted by molar-refractivity contribution is 5.99. The summed E-state index contributed by atoms with van der Waals surface area (Å²) in [6.07, 6.45) is 2.41. The summed E-state index contributed by atoms with van der Waals surface area (Å²) in [4.78, 5) is 24.7. The largest absolute Gasteiger partial charge is 0.497 e. The molecular weight excluding hydrogens is 270 g/mol. The standard InChI is InChI=1S/C16H17NO4/c1-21-12-2-3-13-10(7-12)6-11(13)8-17-5-4-15(18)14(9-17)16(19)20/h2-3,6-7,14H,4-5,8-9H2,1H3,(H,19,20). The van der Waals surface area contributed by atoms with Crippen molar-refractivity contribution in [2.24, 2.45) is 5.92 Å². The fourth-order valence-corrected chi connectivity index (χ4v) is 2.89. The summed E-state index contributed by atoms with van der Waals surface area (Å²) >= 11 is 0. The number of carboxylic acids is 1. The van der Waals surface area contributed by atoms with Crippen LogP contribution < -0.4 is 4.74 Å². The monoisotopic (exact) mass is 287 g/mol. The van der Waals surface area contributed by atoms with Gasteiger partial charge in [-0.3, -0.25) is 14.5 Å². The minimum Gasteiger partial charge on any atom is -0.497 e. The van der Waals surface area contributed by atoms with E-state index >= 15 is 0 Å². The highest BCUT2D eigenvalue weighted by Gasteiger charge is 2.33. The lowest BCUT2D eigenvalue weighted by Gasteiger charge is -2.32. The predicted octanol–water partition coefficient (Wildman–Crippen LogP) is 1.52. The molecule has 1 aromatic rings. The third kappa shape index (κ3) is 2.56. The normalized spacial score (nSPS) is 21.3. The molecule has 0 saturated carbocycles. The molecular formula is C16H17NO4. The number of aliphatic carboxylic acids is 1. The lowest BCUT2D eigenvalue weighted by Crippen LogP contribution is -2.44. The summed E-state index contributed by atoms with van der Waals surface area (Å²) in [5.74, 6) is -1.22. The second-order valence-electron chi connectivity index (χ2n) is 5.47. The Morgan fingerprint density at radius 3 is 2.95 bits per heavy atom. The minimum absolute atomic E-state index is 0.161. The van der Waals surface area contributed by atoms with Crippen molar-refractivity contribution in [3.63, 3.8) is 0 Å². The van der Waals surface area contributed by atoms with Crippen LogP contribution in [-0.4, -0.2) is 48.5 Å². The van der Waals surface area contributed by atoms with Crippen LogP contribution in [0.2, 0.25) is 0 Å². The van der Waals surface area contributed by atoms with Gasteiger partial charge in [0.15, 0.2) is 0 Å². The smallest absolute Gasteiger partial charge is 0.315 e. The first-order valence-corrected chi connectivity index (χ1v) is 6.95. The quantitative estimate of drug-likeness (QED) is 0.851. The fraction of sp³-hybridized carbons (Fsp3) is 0.375. The molecule has 1 fully saturated rings. The van der Waals surface area contributed by atoms with E-state index in [0.29, 0.717) is 26.1 Å². The van der Waals surface area contributed by atoms with E-state index in [1.807, 2.05) is 23.1 Å². The first-order valence-electron chi connectivity index (χ1n) is 6.95. The fourth-order valence-electron chi connectivity index (χ4n) is 2.89. The van der Waals surface area contributed by atoms with E-state index in [-0.39, 0.29) is 5.78 Å². The number of carboxylic acid groups (broad SMARTS) is 1. The topological polar surface area (TPSA) is 66.8 Å². The molecule has 5 nitrogen and oxygen atoms in total. The van der Waals surface area contributed by atoms with Gasteiger partial charge in [0.1, 0.15) is 17.5 Å². The van der Waals surface area contributed by atoms with E-state index in [1.54, 1.807) is 7.11 Å². The summed E-state index contributed by atoms with van der Waals surface area (Å²) in [5, 5.41) is 9.07. The van der Waals surface area contributed by atoms with Gasteiger partial charge in [0.25, 0.3) is 0 Å². The molecule has 0 radical (unpaired) electrons. The molecule has 1 N–H and O–H groups in total. The van der Waals surface area contributed by atoms with E-state index in [9.17, 15) is 9.59 Å². The Hall–Kier alpha value is -2.14. The van der Waals surface area contributed by atoms with Gasteiger partial charge in [0, 0.05) is 26.1 Å². The number of carbonyl (C=O) groups is 2. The van der Waals surface area contributed by atoms with Crippen LogP contribution in [0.15, 0.2) is 18.2 Å². The summed E-state index contributed by atoms with van der Waals surface area (Å²) in [7, 11) is 1.64. The number of nitrogens with zero attached hydrogens (tertiary/aromatic N) is 1. The zero-order chi connectivity index (χ0) is 15.0. The summed E-state index contributed by atoms with van der Waals surface area (Å²) < 4.78 is 5.18. The molecule has 110 valence electrons. The first kappa shape index (κ1) is 13.8. The zero-order valence-corrected chi connectivity index (χ0v) is 11.8. The Morgan fingerprint density at radius 1 is 1.48 bits per heavy atom. The number of piperidine rings is 1. The zero-order valence-electron chi connectivity index (χ0n) is 11.8. The van der Waals surface area contributed by atoms with Crippen LogP contribution in [0.5, 0.6) is 5.75 Å². The molecule has 5 heteroatoms. The molecule has 21 heavy (non-hydrogen) atoms. The summed E-state index contributed by atoms with van der Waals surface area (Å²) in [6, 6.07) is 5.93. The maximum absolute atomic E-state index is 11.6. The van der Waals surface area contributed by atoms with Crippen molar-refractivity contribution in [1.82, 2.24) is 4.90 Å². The van der Waals surface area contributed by atoms with Crippen LogP contribution in [0.1, 0.15) is 17.5 Å². The first-order chi connectivity index (χ1) is 10.1. The Labute approximate surface area is 122 Å². The number of likely N-dealkylation sites (tertiary alicyclic amines) is 1.